The molecule has 8 heteroatoms. The summed E-state index contributed by atoms with van der Waals surface area (Å²) in [5.41, 5.74) is 3.80. The van der Waals surface area contributed by atoms with Crippen molar-refractivity contribution in [1.82, 2.24) is 10.3 Å². The Morgan fingerprint density at radius 3 is 2.65 bits per heavy atom. The SMILES string of the molecule is COc1ccc2[nH]c(C(=O)NCc3ccc(-c4ccc(N5CCOC5=O)cc4F)cc3)cc2c1. The molecule has 172 valence electrons. The predicted molar refractivity (Wildman–Crippen MR) is 127 cm³/mol. The third-order valence-electron chi connectivity index (χ3n) is 5.82. The predicted octanol–water partition coefficient (Wildman–Crippen LogP) is 4.87. The van der Waals surface area contributed by atoms with Crippen molar-refractivity contribution in [2.24, 2.45) is 0 Å². The maximum absolute atomic E-state index is 14.7. The molecule has 4 aromatic rings. The molecule has 1 aliphatic heterocycles. The molecule has 34 heavy (non-hydrogen) atoms. The second-order valence-electron chi connectivity index (χ2n) is 7.95. The maximum Gasteiger partial charge on any atom is 0.414 e. The van der Waals surface area contributed by atoms with E-state index in [-0.39, 0.29) is 5.91 Å². The fourth-order valence-electron chi connectivity index (χ4n) is 3.97. The normalized spacial score (nSPS) is 13.2. The van der Waals surface area contributed by atoms with E-state index in [1.54, 1.807) is 37.4 Å². The van der Waals surface area contributed by atoms with Gasteiger partial charge >= 0.3 is 6.09 Å². The second kappa shape index (κ2) is 8.90. The lowest BCUT2D eigenvalue weighted by molar-refractivity contribution is 0.0946. The molecular weight excluding hydrogens is 437 g/mol. The summed E-state index contributed by atoms with van der Waals surface area (Å²) in [6.07, 6.45) is -0.467. The van der Waals surface area contributed by atoms with Gasteiger partial charge in [-0.15, -0.1) is 0 Å². The van der Waals surface area contributed by atoms with Crippen LogP contribution in [0.15, 0.2) is 66.7 Å². The zero-order chi connectivity index (χ0) is 23.7. The number of rotatable bonds is 6. The van der Waals surface area contributed by atoms with Crippen LogP contribution in [-0.2, 0) is 11.3 Å². The summed E-state index contributed by atoms with van der Waals surface area (Å²) < 4.78 is 24.9. The van der Waals surface area contributed by atoms with Crippen LogP contribution in [0.5, 0.6) is 5.75 Å². The Morgan fingerprint density at radius 1 is 1.12 bits per heavy atom. The first-order chi connectivity index (χ1) is 16.5. The molecule has 1 fully saturated rings. The molecule has 0 bridgehead atoms. The molecule has 0 atom stereocenters. The molecule has 0 aliphatic carbocycles. The minimum absolute atomic E-state index is 0.221. The van der Waals surface area contributed by atoms with E-state index in [9.17, 15) is 14.0 Å². The molecule has 3 aromatic carbocycles. The van der Waals surface area contributed by atoms with E-state index in [1.165, 1.54) is 11.0 Å². The van der Waals surface area contributed by atoms with Crippen molar-refractivity contribution in [3.63, 3.8) is 0 Å². The molecule has 1 aromatic heterocycles. The smallest absolute Gasteiger partial charge is 0.414 e. The number of benzene rings is 3. The number of anilines is 1. The van der Waals surface area contributed by atoms with Crippen LogP contribution in [0, 0.1) is 5.82 Å². The molecule has 2 heterocycles. The number of hydrogen-bond acceptors (Lipinski definition) is 4. The Balaban J connectivity index is 1.25. The molecule has 0 radical (unpaired) electrons. The molecule has 7 nitrogen and oxygen atoms in total. The third-order valence-corrected chi connectivity index (χ3v) is 5.82. The number of aromatic nitrogens is 1. The van der Waals surface area contributed by atoms with E-state index >= 15 is 0 Å². The Bertz CT molecular complexity index is 1380. The lowest BCUT2D eigenvalue weighted by Gasteiger charge is -2.14. The topological polar surface area (TPSA) is 83.7 Å². The standard InChI is InChI=1S/C26H22FN3O4/c1-33-20-7-9-23-18(12-20)13-24(29-23)25(31)28-15-16-2-4-17(5-3-16)21-8-6-19(14-22(21)27)30-10-11-34-26(30)32/h2-9,12-14,29H,10-11,15H2,1H3,(H,28,31). The number of halogens is 1. The van der Waals surface area contributed by atoms with Crippen molar-refractivity contribution < 1.29 is 23.5 Å². The number of aromatic amines is 1. The number of methoxy groups -OCH3 is 1. The van der Waals surface area contributed by atoms with Gasteiger partial charge in [-0.1, -0.05) is 24.3 Å². The average Bonchev–Trinajstić information content (AvgIpc) is 3.48. The highest BCUT2D eigenvalue weighted by Crippen LogP contribution is 2.28. The van der Waals surface area contributed by atoms with Gasteiger partial charge in [0.1, 0.15) is 23.9 Å². The zero-order valence-corrected chi connectivity index (χ0v) is 18.4. The Kier molecular flexibility index (Phi) is 5.63. The van der Waals surface area contributed by atoms with E-state index < -0.39 is 11.9 Å². The minimum Gasteiger partial charge on any atom is -0.497 e. The highest BCUT2D eigenvalue weighted by molar-refractivity contribution is 5.98. The van der Waals surface area contributed by atoms with Gasteiger partial charge in [0.25, 0.3) is 5.91 Å². The van der Waals surface area contributed by atoms with Gasteiger partial charge in [-0.25, -0.2) is 9.18 Å². The summed E-state index contributed by atoms with van der Waals surface area (Å²) in [6.45, 7) is 1.04. The number of amides is 2. The van der Waals surface area contributed by atoms with Crippen LogP contribution in [0.25, 0.3) is 22.0 Å². The van der Waals surface area contributed by atoms with Crippen molar-refractivity contribution >= 4 is 28.6 Å². The third kappa shape index (κ3) is 4.17. The van der Waals surface area contributed by atoms with Crippen molar-refractivity contribution in [2.45, 2.75) is 6.54 Å². The number of carbonyl (C=O) groups is 2. The summed E-state index contributed by atoms with van der Waals surface area (Å²) in [4.78, 5) is 28.8. The lowest BCUT2D eigenvalue weighted by Crippen LogP contribution is -2.23. The van der Waals surface area contributed by atoms with Crippen LogP contribution >= 0.6 is 0 Å². The molecule has 1 aliphatic rings. The summed E-state index contributed by atoms with van der Waals surface area (Å²) in [6, 6.07) is 19.3. The number of carbonyl (C=O) groups excluding carboxylic acids is 2. The molecule has 0 spiro atoms. The van der Waals surface area contributed by atoms with E-state index in [0.29, 0.717) is 42.2 Å². The highest BCUT2D eigenvalue weighted by Gasteiger charge is 2.24. The van der Waals surface area contributed by atoms with Crippen LogP contribution in [0.4, 0.5) is 14.9 Å². The van der Waals surface area contributed by atoms with E-state index in [4.69, 9.17) is 9.47 Å². The van der Waals surface area contributed by atoms with E-state index in [2.05, 4.69) is 10.3 Å². The number of hydrogen-bond donors (Lipinski definition) is 2. The molecule has 0 unspecified atom stereocenters. The van der Waals surface area contributed by atoms with Crippen LogP contribution in [0.2, 0.25) is 0 Å². The molecular formula is C26H22FN3O4. The first kappa shape index (κ1) is 21.5. The molecule has 1 saturated heterocycles. The lowest BCUT2D eigenvalue weighted by atomic mass is 10.0. The van der Waals surface area contributed by atoms with Crippen LogP contribution in [0.3, 0.4) is 0 Å². The van der Waals surface area contributed by atoms with Gasteiger partial charge in [-0.2, -0.15) is 0 Å². The fourth-order valence-corrected chi connectivity index (χ4v) is 3.97. The first-order valence-corrected chi connectivity index (χ1v) is 10.8. The number of ether oxygens (including phenoxy) is 2. The first-order valence-electron chi connectivity index (χ1n) is 10.8. The monoisotopic (exact) mass is 459 g/mol. The average molecular weight is 459 g/mol. The minimum atomic E-state index is -0.467. The van der Waals surface area contributed by atoms with Gasteiger partial charge in [0.05, 0.1) is 19.3 Å². The van der Waals surface area contributed by atoms with Gasteiger partial charge in [-0.05, 0) is 53.6 Å². The number of cyclic esters (lactones) is 1. The van der Waals surface area contributed by atoms with Crippen molar-refractivity contribution in [1.29, 1.82) is 0 Å². The van der Waals surface area contributed by atoms with Crippen LogP contribution < -0.4 is 15.0 Å². The van der Waals surface area contributed by atoms with Gasteiger partial charge in [0.15, 0.2) is 0 Å². The maximum atomic E-state index is 14.7. The number of H-pyrrole nitrogens is 1. The largest absolute Gasteiger partial charge is 0.497 e. The van der Waals surface area contributed by atoms with Crippen molar-refractivity contribution in [3.8, 4) is 16.9 Å². The van der Waals surface area contributed by atoms with Crippen LogP contribution in [0.1, 0.15) is 16.1 Å². The number of nitrogens with zero attached hydrogens (tertiary/aromatic N) is 1. The number of fused-ring (bicyclic) bond motifs is 1. The Morgan fingerprint density at radius 2 is 1.94 bits per heavy atom. The summed E-state index contributed by atoms with van der Waals surface area (Å²) in [7, 11) is 1.60. The Hall–Kier alpha value is -4.33. The molecule has 2 N–H and O–H groups in total. The quantitative estimate of drug-likeness (QED) is 0.431. The second-order valence-corrected chi connectivity index (χ2v) is 7.95. The summed E-state index contributed by atoms with van der Waals surface area (Å²) >= 11 is 0. The molecule has 0 saturated carbocycles. The van der Waals surface area contributed by atoms with E-state index in [0.717, 1.165) is 22.2 Å². The highest BCUT2D eigenvalue weighted by atomic mass is 19.1. The Labute approximate surface area is 195 Å². The van der Waals surface area contributed by atoms with Gasteiger partial charge in [-0.3, -0.25) is 9.69 Å². The zero-order valence-electron chi connectivity index (χ0n) is 18.4. The van der Waals surface area contributed by atoms with Crippen LogP contribution in [-0.4, -0.2) is 37.2 Å². The molecule has 2 amide bonds. The van der Waals surface area contributed by atoms with Crippen molar-refractivity contribution in [3.05, 3.63) is 83.8 Å². The van der Waals surface area contributed by atoms with Gasteiger partial charge in [0.2, 0.25) is 0 Å². The van der Waals surface area contributed by atoms with Gasteiger partial charge < -0.3 is 19.8 Å². The van der Waals surface area contributed by atoms with E-state index in [1.807, 2.05) is 30.3 Å². The molecule has 5 rings (SSSR count). The summed E-state index contributed by atoms with van der Waals surface area (Å²) in [5.74, 6) is 0.0817. The van der Waals surface area contributed by atoms with Gasteiger partial charge in [0, 0.05) is 23.0 Å². The summed E-state index contributed by atoms with van der Waals surface area (Å²) in [5, 5.41) is 3.79. The fraction of sp³-hybridized carbons (Fsp3) is 0.154. The number of nitrogens with one attached hydrogen (secondary N) is 2. The van der Waals surface area contributed by atoms with Crippen molar-refractivity contribution in [2.75, 3.05) is 25.2 Å².